The fourth-order valence-electron chi connectivity index (χ4n) is 6.20. The van der Waals surface area contributed by atoms with Gasteiger partial charge in [0.05, 0.1) is 30.1 Å². The fourth-order valence-corrected chi connectivity index (χ4v) is 6.20. The highest BCUT2D eigenvalue weighted by molar-refractivity contribution is 5.76. The van der Waals surface area contributed by atoms with E-state index in [2.05, 4.69) is 34.2 Å². The van der Waals surface area contributed by atoms with Crippen molar-refractivity contribution >= 4 is 23.8 Å². The number of rotatable bonds is 4. The van der Waals surface area contributed by atoms with Gasteiger partial charge in [0.15, 0.2) is 0 Å². The molecule has 0 spiro atoms. The molecule has 3 saturated heterocycles. The molecule has 32 heavy (non-hydrogen) atoms. The van der Waals surface area contributed by atoms with Crippen LogP contribution >= 0.6 is 0 Å². The molecule has 6 atom stereocenters. The second-order valence-corrected chi connectivity index (χ2v) is 9.64. The summed E-state index contributed by atoms with van der Waals surface area (Å²) in [6.07, 6.45) is 8.97. The molecular formula is C25H33N3O4. The molecule has 7 nitrogen and oxygen atoms in total. The summed E-state index contributed by atoms with van der Waals surface area (Å²) in [7, 11) is 0. The van der Waals surface area contributed by atoms with E-state index in [0.29, 0.717) is 25.6 Å². The lowest BCUT2D eigenvalue weighted by Gasteiger charge is -2.48. The molecule has 4 fully saturated rings. The van der Waals surface area contributed by atoms with Crippen LogP contribution in [-0.2, 0) is 14.3 Å². The largest absolute Gasteiger partial charge is 0.462 e. The standard InChI is InChI=1S/C25H33N3O4/c1-3-31-25(30)28-12-9-20-17(15-28)13-22-23(16(2)32-24(22)29)21(20)8-6-18-5-7-19(14-26-18)27-10-4-11-27/h5-8,14,16-17,20-23H,3-4,9-13,15H2,1-2H3/t16-,17-,20-,21+,22-,23+/m1/s1. The van der Waals surface area contributed by atoms with Crippen LogP contribution in [-0.4, -0.2) is 60.8 Å². The van der Waals surface area contributed by atoms with Gasteiger partial charge in [-0.15, -0.1) is 0 Å². The van der Waals surface area contributed by atoms with Crippen LogP contribution < -0.4 is 4.90 Å². The minimum Gasteiger partial charge on any atom is -0.462 e. The Bertz CT molecular complexity index is 882. The molecule has 0 radical (unpaired) electrons. The van der Waals surface area contributed by atoms with Crippen molar-refractivity contribution in [2.75, 3.05) is 37.7 Å². The number of cyclic esters (lactones) is 1. The highest BCUT2D eigenvalue weighted by Gasteiger charge is 2.54. The van der Waals surface area contributed by atoms with Crippen LogP contribution in [0.3, 0.4) is 0 Å². The number of carbonyl (C=O) groups excluding carboxylic acids is 2. The number of ether oxygens (including phenoxy) is 2. The maximum atomic E-state index is 12.6. The Morgan fingerprint density at radius 3 is 2.84 bits per heavy atom. The van der Waals surface area contributed by atoms with E-state index < -0.39 is 0 Å². The third-order valence-electron chi connectivity index (χ3n) is 7.91. The molecule has 172 valence electrons. The van der Waals surface area contributed by atoms with Gasteiger partial charge in [0.25, 0.3) is 0 Å². The lowest BCUT2D eigenvalue weighted by molar-refractivity contribution is -0.144. The Morgan fingerprint density at radius 1 is 1.31 bits per heavy atom. The van der Waals surface area contributed by atoms with Crippen LogP contribution in [0.2, 0.25) is 0 Å². The van der Waals surface area contributed by atoms with Crippen LogP contribution in [0, 0.1) is 29.6 Å². The van der Waals surface area contributed by atoms with Crippen molar-refractivity contribution in [3.63, 3.8) is 0 Å². The molecule has 7 heteroatoms. The monoisotopic (exact) mass is 439 g/mol. The maximum Gasteiger partial charge on any atom is 0.409 e. The van der Waals surface area contributed by atoms with Gasteiger partial charge in [0.1, 0.15) is 6.10 Å². The van der Waals surface area contributed by atoms with Crippen LogP contribution in [0.25, 0.3) is 6.08 Å². The zero-order valence-electron chi connectivity index (χ0n) is 19.0. The topological polar surface area (TPSA) is 72.0 Å². The van der Waals surface area contributed by atoms with Crippen molar-refractivity contribution in [3.8, 4) is 0 Å². The average Bonchev–Trinajstić information content (AvgIpc) is 3.04. The van der Waals surface area contributed by atoms with Crippen molar-refractivity contribution in [3.05, 3.63) is 30.1 Å². The first kappa shape index (κ1) is 21.3. The third-order valence-corrected chi connectivity index (χ3v) is 7.91. The van der Waals surface area contributed by atoms with E-state index in [9.17, 15) is 9.59 Å². The molecule has 1 aromatic rings. The number of likely N-dealkylation sites (tertiary alicyclic amines) is 1. The maximum absolute atomic E-state index is 12.6. The molecule has 1 amide bonds. The first-order chi connectivity index (χ1) is 15.5. The molecule has 0 aromatic carbocycles. The van der Waals surface area contributed by atoms with Crippen LogP contribution in [0.5, 0.6) is 0 Å². The molecule has 0 unspecified atom stereocenters. The van der Waals surface area contributed by atoms with Gasteiger partial charge in [-0.05, 0) is 69.1 Å². The SMILES string of the molecule is CCOC(=O)N1CC[C@@H]2[C@H](C[C@H]3C(=O)O[C@H](C)[C@H]3[C@H]2C=Cc2ccc(N3CCC3)cn2)C1. The summed E-state index contributed by atoms with van der Waals surface area (Å²) < 4.78 is 10.9. The number of aromatic nitrogens is 1. The highest BCUT2D eigenvalue weighted by Crippen LogP contribution is 2.51. The summed E-state index contributed by atoms with van der Waals surface area (Å²) in [5.74, 6) is 0.962. The number of esters is 1. The average molecular weight is 440 g/mol. The van der Waals surface area contributed by atoms with Crippen molar-refractivity contribution in [1.29, 1.82) is 0 Å². The number of carbonyl (C=O) groups is 2. The van der Waals surface area contributed by atoms with E-state index in [1.54, 1.807) is 0 Å². The number of hydrogen-bond donors (Lipinski definition) is 0. The van der Waals surface area contributed by atoms with Crippen molar-refractivity contribution in [1.82, 2.24) is 9.88 Å². The molecule has 5 rings (SSSR count). The van der Waals surface area contributed by atoms with Crippen LogP contribution in [0.1, 0.15) is 38.8 Å². The molecule has 1 aromatic heterocycles. The Labute approximate surface area is 189 Å². The molecule has 3 aliphatic heterocycles. The molecule has 4 aliphatic rings. The summed E-state index contributed by atoms with van der Waals surface area (Å²) in [6, 6.07) is 4.21. The van der Waals surface area contributed by atoms with Gasteiger partial charge in [-0.25, -0.2) is 4.79 Å². The number of fused-ring (bicyclic) bond motifs is 2. The van der Waals surface area contributed by atoms with Crippen LogP contribution in [0.15, 0.2) is 24.4 Å². The normalized spacial score (nSPS) is 34.0. The number of piperidine rings is 1. The third kappa shape index (κ3) is 3.86. The van der Waals surface area contributed by atoms with Crippen LogP contribution in [0.4, 0.5) is 10.5 Å². The lowest BCUT2D eigenvalue weighted by Crippen LogP contribution is -2.51. The predicted molar refractivity (Wildman–Crippen MR) is 121 cm³/mol. The zero-order chi connectivity index (χ0) is 22.2. The van der Waals surface area contributed by atoms with Gasteiger partial charge in [-0.2, -0.15) is 0 Å². The summed E-state index contributed by atoms with van der Waals surface area (Å²) >= 11 is 0. The van der Waals surface area contributed by atoms with E-state index in [-0.39, 0.29) is 41.8 Å². The molecule has 0 N–H and O–H groups in total. The second-order valence-electron chi connectivity index (χ2n) is 9.64. The summed E-state index contributed by atoms with van der Waals surface area (Å²) in [4.78, 5) is 33.7. The van der Waals surface area contributed by atoms with Gasteiger partial charge < -0.3 is 19.3 Å². The smallest absolute Gasteiger partial charge is 0.409 e. The van der Waals surface area contributed by atoms with E-state index in [1.165, 1.54) is 12.1 Å². The Kier molecular flexibility index (Phi) is 5.82. The van der Waals surface area contributed by atoms with Crippen molar-refractivity contribution in [2.24, 2.45) is 29.6 Å². The Hall–Kier alpha value is -2.57. The molecular weight excluding hydrogens is 406 g/mol. The summed E-state index contributed by atoms with van der Waals surface area (Å²) in [5, 5.41) is 0. The minimum absolute atomic E-state index is 0.0760. The quantitative estimate of drug-likeness (QED) is 0.668. The number of anilines is 1. The Morgan fingerprint density at radius 2 is 2.16 bits per heavy atom. The van der Waals surface area contributed by atoms with Gasteiger partial charge in [-0.3, -0.25) is 9.78 Å². The molecule has 1 aliphatic carbocycles. The first-order valence-corrected chi connectivity index (χ1v) is 12.1. The molecule has 1 saturated carbocycles. The summed E-state index contributed by atoms with van der Waals surface area (Å²) in [6.45, 7) is 7.82. The second kappa shape index (κ2) is 8.75. The molecule has 4 heterocycles. The number of pyridine rings is 1. The van der Waals surface area contributed by atoms with E-state index in [1.807, 2.05) is 24.9 Å². The highest BCUT2D eigenvalue weighted by atomic mass is 16.6. The van der Waals surface area contributed by atoms with Gasteiger partial charge in [0.2, 0.25) is 0 Å². The van der Waals surface area contributed by atoms with Gasteiger partial charge in [-0.1, -0.05) is 6.08 Å². The van der Waals surface area contributed by atoms with E-state index >= 15 is 0 Å². The van der Waals surface area contributed by atoms with Gasteiger partial charge in [0, 0.05) is 32.1 Å². The number of hydrogen-bond acceptors (Lipinski definition) is 6. The molecule has 0 bridgehead atoms. The zero-order valence-corrected chi connectivity index (χ0v) is 19.0. The summed E-state index contributed by atoms with van der Waals surface area (Å²) in [5.41, 5.74) is 2.12. The van der Waals surface area contributed by atoms with Crippen molar-refractivity contribution < 1.29 is 19.1 Å². The van der Waals surface area contributed by atoms with E-state index in [4.69, 9.17) is 9.47 Å². The van der Waals surface area contributed by atoms with Gasteiger partial charge >= 0.3 is 12.1 Å². The number of allylic oxidation sites excluding steroid dienone is 1. The fraction of sp³-hybridized carbons (Fsp3) is 0.640. The van der Waals surface area contributed by atoms with E-state index in [0.717, 1.165) is 31.6 Å². The lowest BCUT2D eigenvalue weighted by atomic mass is 9.59. The number of nitrogens with zero attached hydrogens (tertiary/aromatic N) is 3. The predicted octanol–water partition coefficient (Wildman–Crippen LogP) is 3.60. The minimum atomic E-state index is -0.242. The first-order valence-electron chi connectivity index (χ1n) is 12.1. The number of amides is 1. The van der Waals surface area contributed by atoms with Crippen molar-refractivity contribution in [2.45, 2.75) is 39.2 Å². The Balaban J connectivity index is 1.35.